The first-order chi connectivity index (χ1) is 8.09. The molecule has 0 bridgehead atoms. The molecule has 0 spiro atoms. The predicted octanol–water partition coefficient (Wildman–Crippen LogP) is 0.709. The van der Waals surface area contributed by atoms with Gasteiger partial charge in [0.25, 0.3) is 0 Å². The highest BCUT2D eigenvalue weighted by atomic mass is 16.4. The van der Waals surface area contributed by atoms with E-state index in [1.807, 2.05) is 0 Å². The molecule has 1 aromatic heterocycles. The van der Waals surface area contributed by atoms with E-state index in [1.165, 1.54) is 18.7 Å². The summed E-state index contributed by atoms with van der Waals surface area (Å²) in [5.41, 5.74) is 0.483. The van der Waals surface area contributed by atoms with E-state index in [0.29, 0.717) is 18.7 Å². The highest BCUT2D eigenvalue weighted by Gasteiger charge is 2.10. The monoisotopic (exact) mass is 238 g/mol. The molecule has 1 aromatic rings. The second-order valence-electron chi connectivity index (χ2n) is 3.54. The molecule has 0 aliphatic carbocycles. The molecule has 1 atom stereocenters. The van der Waals surface area contributed by atoms with Crippen molar-refractivity contribution in [1.29, 1.82) is 0 Å². The first kappa shape index (κ1) is 12.9. The molecule has 0 fully saturated rings. The topological polar surface area (TPSA) is 104 Å². The molecule has 2 amide bonds. The van der Waals surface area contributed by atoms with Crippen LogP contribution in [0.5, 0.6) is 0 Å². The number of anilines is 1. The molecule has 0 saturated carbocycles. The molecule has 1 rings (SSSR count). The van der Waals surface area contributed by atoms with Crippen molar-refractivity contribution in [1.82, 2.24) is 15.3 Å². The molecular formula is C10H14N4O3. The van der Waals surface area contributed by atoms with Gasteiger partial charge in [-0.3, -0.25) is 4.79 Å². The molecule has 7 nitrogen and oxygen atoms in total. The zero-order valence-corrected chi connectivity index (χ0v) is 9.38. The fraction of sp³-hybridized carbons (Fsp3) is 0.400. The van der Waals surface area contributed by atoms with Crippen molar-refractivity contribution in [3.05, 3.63) is 18.7 Å². The number of carboxylic acid groups (broad SMARTS) is 1. The van der Waals surface area contributed by atoms with Crippen molar-refractivity contribution in [2.75, 3.05) is 11.9 Å². The van der Waals surface area contributed by atoms with Gasteiger partial charge < -0.3 is 15.7 Å². The Labute approximate surface area is 98.3 Å². The molecule has 0 saturated heterocycles. The number of nitrogens with one attached hydrogen (secondary N) is 2. The lowest BCUT2D eigenvalue weighted by Crippen LogP contribution is -2.31. The first-order valence-electron chi connectivity index (χ1n) is 5.12. The fourth-order valence-corrected chi connectivity index (χ4v) is 1.06. The van der Waals surface area contributed by atoms with Crippen molar-refractivity contribution < 1.29 is 14.7 Å². The third kappa shape index (κ3) is 4.92. The number of amides is 2. The quantitative estimate of drug-likeness (QED) is 0.700. The van der Waals surface area contributed by atoms with E-state index >= 15 is 0 Å². The van der Waals surface area contributed by atoms with E-state index < -0.39 is 17.9 Å². The van der Waals surface area contributed by atoms with Gasteiger partial charge in [0, 0.05) is 6.54 Å². The van der Waals surface area contributed by atoms with Gasteiger partial charge in [0.05, 0.1) is 24.0 Å². The molecule has 0 aliphatic rings. The molecule has 0 aliphatic heterocycles. The Morgan fingerprint density at radius 1 is 1.41 bits per heavy atom. The van der Waals surface area contributed by atoms with Crippen molar-refractivity contribution in [2.24, 2.45) is 5.92 Å². The number of hydrogen-bond acceptors (Lipinski definition) is 4. The molecule has 0 radical (unpaired) electrons. The summed E-state index contributed by atoms with van der Waals surface area (Å²) in [4.78, 5) is 29.3. The van der Waals surface area contributed by atoms with Gasteiger partial charge in [0.1, 0.15) is 6.33 Å². The molecule has 3 N–H and O–H groups in total. The van der Waals surface area contributed by atoms with Crippen LogP contribution in [0.2, 0.25) is 0 Å². The van der Waals surface area contributed by atoms with E-state index in [0.717, 1.165) is 0 Å². The van der Waals surface area contributed by atoms with Gasteiger partial charge >= 0.3 is 12.0 Å². The summed E-state index contributed by atoms with van der Waals surface area (Å²) in [6.45, 7) is 1.89. The summed E-state index contributed by atoms with van der Waals surface area (Å²) in [5.74, 6) is -1.35. The summed E-state index contributed by atoms with van der Waals surface area (Å²) in [7, 11) is 0. The van der Waals surface area contributed by atoms with E-state index in [9.17, 15) is 9.59 Å². The van der Waals surface area contributed by atoms with Crippen LogP contribution < -0.4 is 10.6 Å². The van der Waals surface area contributed by atoms with Gasteiger partial charge in [0.15, 0.2) is 0 Å². The molecule has 0 aromatic carbocycles. The number of carboxylic acids is 1. The highest BCUT2D eigenvalue weighted by Crippen LogP contribution is 2.01. The van der Waals surface area contributed by atoms with Crippen molar-refractivity contribution in [2.45, 2.75) is 13.3 Å². The maximum absolute atomic E-state index is 11.3. The van der Waals surface area contributed by atoms with Gasteiger partial charge in [-0.25, -0.2) is 14.8 Å². The van der Waals surface area contributed by atoms with E-state index in [-0.39, 0.29) is 0 Å². The van der Waals surface area contributed by atoms with E-state index in [2.05, 4.69) is 20.6 Å². The smallest absolute Gasteiger partial charge is 0.319 e. The minimum atomic E-state index is -0.872. The Bertz CT molecular complexity index is 382. The molecule has 1 unspecified atom stereocenters. The minimum absolute atomic E-state index is 0.299. The van der Waals surface area contributed by atoms with Crippen molar-refractivity contribution in [3.8, 4) is 0 Å². The Balaban J connectivity index is 2.25. The predicted molar refractivity (Wildman–Crippen MR) is 60.5 cm³/mol. The van der Waals surface area contributed by atoms with Crippen LogP contribution in [0.25, 0.3) is 0 Å². The molecule has 1 heterocycles. The van der Waals surface area contributed by atoms with Crippen LogP contribution in [-0.2, 0) is 4.79 Å². The average molecular weight is 238 g/mol. The molecule has 17 heavy (non-hydrogen) atoms. The summed E-state index contributed by atoms with van der Waals surface area (Å²) >= 11 is 0. The van der Waals surface area contributed by atoms with Crippen LogP contribution in [0.15, 0.2) is 18.7 Å². The Hall–Kier alpha value is -2.18. The van der Waals surface area contributed by atoms with Gasteiger partial charge in [-0.1, -0.05) is 6.92 Å². The second kappa shape index (κ2) is 6.41. The molecular weight excluding hydrogens is 224 g/mol. The zero-order valence-electron chi connectivity index (χ0n) is 9.38. The number of carbonyl (C=O) groups excluding carboxylic acids is 1. The summed E-state index contributed by atoms with van der Waals surface area (Å²) in [6.07, 6.45) is 4.67. The normalized spacial score (nSPS) is 11.6. The fourth-order valence-electron chi connectivity index (χ4n) is 1.06. The largest absolute Gasteiger partial charge is 0.481 e. The molecule has 92 valence electrons. The standard InChI is InChI=1S/C10H14N4O3/c1-7(9(15)16)2-3-13-10(17)14-8-4-11-6-12-5-8/h4-7H,2-3H2,1H3,(H,15,16)(H2,13,14,17). The summed E-state index contributed by atoms with van der Waals surface area (Å²) in [5, 5.41) is 13.7. The van der Waals surface area contributed by atoms with Gasteiger partial charge in [-0.2, -0.15) is 0 Å². The van der Waals surface area contributed by atoms with Crippen LogP contribution in [0.4, 0.5) is 10.5 Å². The number of urea groups is 1. The third-order valence-electron chi connectivity index (χ3n) is 2.10. The van der Waals surface area contributed by atoms with Gasteiger partial charge in [-0.15, -0.1) is 0 Å². The second-order valence-corrected chi connectivity index (χ2v) is 3.54. The van der Waals surface area contributed by atoms with Crippen LogP contribution in [0.3, 0.4) is 0 Å². The van der Waals surface area contributed by atoms with E-state index in [4.69, 9.17) is 5.11 Å². The summed E-state index contributed by atoms with van der Waals surface area (Å²) in [6, 6.07) is -0.405. The third-order valence-corrected chi connectivity index (χ3v) is 2.10. The number of aromatic nitrogens is 2. The Kier molecular flexibility index (Phi) is 4.86. The van der Waals surface area contributed by atoms with Crippen molar-refractivity contribution in [3.63, 3.8) is 0 Å². The lowest BCUT2D eigenvalue weighted by molar-refractivity contribution is -0.141. The van der Waals surface area contributed by atoms with Crippen LogP contribution in [-0.4, -0.2) is 33.6 Å². The number of carbonyl (C=O) groups is 2. The lowest BCUT2D eigenvalue weighted by Gasteiger charge is -2.08. The van der Waals surface area contributed by atoms with E-state index in [1.54, 1.807) is 6.92 Å². The maximum Gasteiger partial charge on any atom is 0.319 e. The number of aliphatic carboxylic acids is 1. The lowest BCUT2D eigenvalue weighted by atomic mass is 10.1. The first-order valence-corrected chi connectivity index (χ1v) is 5.12. The Morgan fingerprint density at radius 2 is 2.06 bits per heavy atom. The molecule has 7 heteroatoms. The highest BCUT2D eigenvalue weighted by molar-refractivity contribution is 5.88. The zero-order chi connectivity index (χ0) is 12.7. The van der Waals surface area contributed by atoms with Crippen LogP contribution in [0, 0.1) is 5.92 Å². The minimum Gasteiger partial charge on any atom is -0.481 e. The summed E-state index contributed by atoms with van der Waals surface area (Å²) < 4.78 is 0. The number of rotatable bonds is 5. The van der Waals surface area contributed by atoms with Crippen LogP contribution in [0.1, 0.15) is 13.3 Å². The number of hydrogen-bond donors (Lipinski definition) is 3. The Morgan fingerprint density at radius 3 is 2.65 bits per heavy atom. The van der Waals surface area contributed by atoms with Crippen molar-refractivity contribution >= 4 is 17.7 Å². The van der Waals surface area contributed by atoms with Crippen LogP contribution >= 0.6 is 0 Å². The average Bonchev–Trinajstić information content (AvgIpc) is 2.30. The van der Waals surface area contributed by atoms with Gasteiger partial charge in [0.2, 0.25) is 0 Å². The van der Waals surface area contributed by atoms with Gasteiger partial charge in [-0.05, 0) is 6.42 Å². The number of nitrogens with zero attached hydrogens (tertiary/aromatic N) is 2. The SMILES string of the molecule is CC(CCNC(=O)Nc1cncnc1)C(=O)O. The maximum atomic E-state index is 11.3.